The first-order valence-corrected chi connectivity index (χ1v) is 7.04. The van der Waals surface area contributed by atoms with Crippen LogP contribution in [0, 0.1) is 0 Å². The topological polar surface area (TPSA) is 42.1 Å². The van der Waals surface area contributed by atoms with E-state index in [1.54, 1.807) is 11.3 Å². The lowest BCUT2D eigenvalue weighted by molar-refractivity contribution is 0.201. The van der Waals surface area contributed by atoms with Crippen molar-refractivity contribution in [2.45, 2.75) is 51.6 Å². The highest BCUT2D eigenvalue weighted by molar-refractivity contribution is 7.13. The second-order valence-electron chi connectivity index (χ2n) is 4.65. The summed E-state index contributed by atoms with van der Waals surface area (Å²) in [6.45, 7) is 5.75. The summed E-state index contributed by atoms with van der Waals surface area (Å²) in [6.07, 6.45) is 5.01. The summed E-state index contributed by atoms with van der Waals surface area (Å²) >= 11 is 1.54. The zero-order valence-electron chi connectivity index (χ0n) is 10.1. The molecule has 2 unspecified atom stereocenters. The van der Waals surface area contributed by atoms with Gasteiger partial charge in [0.2, 0.25) is 0 Å². The molecule has 1 aromatic rings. The van der Waals surface area contributed by atoms with E-state index in [1.165, 1.54) is 19.3 Å². The minimum Gasteiger partial charge on any atom is -0.375 e. The summed E-state index contributed by atoms with van der Waals surface area (Å²) in [7, 11) is 0. The standard InChI is InChI=1S/C12H21N3S/c1-3-11-5-4-9(2)15(11)7-6-10-8-16-12(13)14-10/h8-9,11H,3-7H2,1-2H3,(H2,13,14). The fourth-order valence-electron chi connectivity index (χ4n) is 2.65. The van der Waals surface area contributed by atoms with E-state index in [2.05, 4.69) is 29.1 Å². The largest absolute Gasteiger partial charge is 0.375 e. The first kappa shape index (κ1) is 11.9. The number of anilines is 1. The molecule has 0 amide bonds. The van der Waals surface area contributed by atoms with Gasteiger partial charge in [0, 0.05) is 30.4 Å². The Morgan fingerprint density at radius 1 is 1.56 bits per heavy atom. The van der Waals surface area contributed by atoms with Crippen LogP contribution < -0.4 is 5.73 Å². The van der Waals surface area contributed by atoms with Gasteiger partial charge in [-0.1, -0.05) is 6.92 Å². The smallest absolute Gasteiger partial charge is 0.180 e. The predicted octanol–water partition coefficient (Wildman–Crippen LogP) is 2.53. The molecule has 90 valence electrons. The molecule has 1 fully saturated rings. The molecule has 2 heterocycles. The zero-order chi connectivity index (χ0) is 11.5. The average molecular weight is 239 g/mol. The second kappa shape index (κ2) is 5.15. The van der Waals surface area contributed by atoms with Crippen LogP contribution in [0.3, 0.4) is 0 Å². The van der Waals surface area contributed by atoms with Gasteiger partial charge in [0.15, 0.2) is 5.13 Å². The van der Waals surface area contributed by atoms with E-state index in [1.807, 2.05) is 0 Å². The molecule has 0 radical (unpaired) electrons. The summed E-state index contributed by atoms with van der Waals surface area (Å²) in [6, 6.07) is 1.52. The molecule has 3 nitrogen and oxygen atoms in total. The number of thiazole rings is 1. The molecule has 1 aromatic heterocycles. The Bertz CT molecular complexity index is 337. The lowest BCUT2D eigenvalue weighted by atomic mass is 10.1. The molecule has 0 aromatic carbocycles. The van der Waals surface area contributed by atoms with Gasteiger partial charge in [-0.25, -0.2) is 4.98 Å². The molecule has 2 atom stereocenters. The van der Waals surface area contributed by atoms with Crippen molar-refractivity contribution in [3.05, 3.63) is 11.1 Å². The van der Waals surface area contributed by atoms with Crippen molar-refractivity contribution in [3.63, 3.8) is 0 Å². The molecular formula is C12H21N3S. The van der Waals surface area contributed by atoms with Crippen LogP contribution in [0.2, 0.25) is 0 Å². The predicted molar refractivity (Wildman–Crippen MR) is 69.7 cm³/mol. The number of aromatic nitrogens is 1. The molecule has 0 spiro atoms. The van der Waals surface area contributed by atoms with Crippen molar-refractivity contribution in [2.75, 3.05) is 12.3 Å². The fourth-order valence-corrected chi connectivity index (χ4v) is 3.25. The van der Waals surface area contributed by atoms with Gasteiger partial charge in [-0.05, 0) is 26.2 Å². The zero-order valence-corrected chi connectivity index (χ0v) is 11.0. The molecule has 0 saturated carbocycles. The summed E-state index contributed by atoms with van der Waals surface area (Å²) in [5.41, 5.74) is 6.79. The molecule has 1 aliphatic heterocycles. The van der Waals surface area contributed by atoms with Crippen LogP contribution >= 0.6 is 11.3 Å². The lowest BCUT2D eigenvalue weighted by Gasteiger charge is -2.27. The highest BCUT2D eigenvalue weighted by Crippen LogP contribution is 2.26. The number of nitrogen functional groups attached to an aromatic ring is 1. The number of likely N-dealkylation sites (tertiary alicyclic amines) is 1. The quantitative estimate of drug-likeness (QED) is 0.878. The fraction of sp³-hybridized carbons (Fsp3) is 0.750. The van der Waals surface area contributed by atoms with Gasteiger partial charge in [0.05, 0.1) is 5.69 Å². The van der Waals surface area contributed by atoms with E-state index in [-0.39, 0.29) is 0 Å². The van der Waals surface area contributed by atoms with Crippen molar-refractivity contribution in [1.29, 1.82) is 0 Å². The highest BCUT2D eigenvalue weighted by atomic mass is 32.1. The summed E-state index contributed by atoms with van der Waals surface area (Å²) < 4.78 is 0. The molecule has 1 aliphatic rings. The second-order valence-corrected chi connectivity index (χ2v) is 5.54. The van der Waals surface area contributed by atoms with Gasteiger partial charge in [0.25, 0.3) is 0 Å². The average Bonchev–Trinajstić information content (AvgIpc) is 2.82. The molecular weight excluding hydrogens is 218 g/mol. The Hall–Kier alpha value is -0.610. The molecule has 4 heteroatoms. The number of hydrogen-bond donors (Lipinski definition) is 1. The van der Waals surface area contributed by atoms with E-state index in [0.29, 0.717) is 5.13 Å². The van der Waals surface area contributed by atoms with Crippen LogP contribution in [0.1, 0.15) is 38.8 Å². The molecule has 0 aliphatic carbocycles. The third-order valence-corrected chi connectivity index (χ3v) is 4.34. The Balaban J connectivity index is 1.89. The van der Waals surface area contributed by atoms with Crippen LogP contribution in [-0.4, -0.2) is 28.5 Å². The van der Waals surface area contributed by atoms with Crippen molar-refractivity contribution in [1.82, 2.24) is 9.88 Å². The third-order valence-electron chi connectivity index (χ3n) is 3.62. The maximum atomic E-state index is 5.64. The maximum Gasteiger partial charge on any atom is 0.180 e. The maximum absolute atomic E-state index is 5.64. The first-order chi connectivity index (χ1) is 7.70. The normalized spacial score (nSPS) is 26.4. The highest BCUT2D eigenvalue weighted by Gasteiger charge is 2.28. The van der Waals surface area contributed by atoms with Crippen LogP contribution in [-0.2, 0) is 6.42 Å². The monoisotopic (exact) mass is 239 g/mol. The number of nitrogens with zero attached hydrogens (tertiary/aromatic N) is 2. The van der Waals surface area contributed by atoms with Gasteiger partial charge in [-0.3, -0.25) is 4.90 Å². The number of hydrogen-bond acceptors (Lipinski definition) is 4. The minimum atomic E-state index is 0.691. The summed E-state index contributed by atoms with van der Waals surface area (Å²) in [5, 5.41) is 2.77. The van der Waals surface area contributed by atoms with Crippen LogP contribution in [0.5, 0.6) is 0 Å². The number of rotatable bonds is 4. The molecule has 0 bridgehead atoms. The first-order valence-electron chi connectivity index (χ1n) is 6.16. The van der Waals surface area contributed by atoms with E-state index in [9.17, 15) is 0 Å². The van der Waals surface area contributed by atoms with Crippen LogP contribution in [0.25, 0.3) is 0 Å². The van der Waals surface area contributed by atoms with E-state index >= 15 is 0 Å². The van der Waals surface area contributed by atoms with Gasteiger partial charge >= 0.3 is 0 Å². The van der Waals surface area contributed by atoms with Crippen molar-refractivity contribution in [2.24, 2.45) is 0 Å². The molecule has 2 N–H and O–H groups in total. The Labute approximate surface area is 102 Å². The van der Waals surface area contributed by atoms with E-state index in [0.717, 1.165) is 30.7 Å². The van der Waals surface area contributed by atoms with Gasteiger partial charge in [0.1, 0.15) is 0 Å². The number of nitrogens with two attached hydrogens (primary N) is 1. The van der Waals surface area contributed by atoms with Crippen molar-refractivity contribution < 1.29 is 0 Å². The van der Waals surface area contributed by atoms with Gasteiger partial charge in [-0.15, -0.1) is 11.3 Å². The molecule has 1 saturated heterocycles. The Morgan fingerprint density at radius 2 is 2.38 bits per heavy atom. The molecule has 16 heavy (non-hydrogen) atoms. The molecule has 2 rings (SSSR count). The van der Waals surface area contributed by atoms with Crippen molar-refractivity contribution in [3.8, 4) is 0 Å². The van der Waals surface area contributed by atoms with Crippen molar-refractivity contribution >= 4 is 16.5 Å². The van der Waals surface area contributed by atoms with Gasteiger partial charge in [-0.2, -0.15) is 0 Å². The minimum absolute atomic E-state index is 0.691. The summed E-state index contributed by atoms with van der Waals surface area (Å²) in [5.74, 6) is 0. The Morgan fingerprint density at radius 3 is 3.00 bits per heavy atom. The lowest BCUT2D eigenvalue weighted by Crippen LogP contribution is -2.35. The van der Waals surface area contributed by atoms with Gasteiger partial charge < -0.3 is 5.73 Å². The van der Waals surface area contributed by atoms with E-state index < -0.39 is 0 Å². The van der Waals surface area contributed by atoms with Crippen LogP contribution in [0.4, 0.5) is 5.13 Å². The third kappa shape index (κ3) is 2.55. The summed E-state index contributed by atoms with van der Waals surface area (Å²) in [4.78, 5) is 6.95. The SMILES string of the molecule is CCC1CCC(C)N1CCc1csc(N)n1. The van der Waals surface area contributed by atoms with Crippen LogP contribution in [0.15, 0.2) is 5.38 Å². The Kier molecular flexibility index (Phi) is 3.82. The van der Waals surface area contributed by atoms with E-state index in [4.69, 9.17) is 5.73 Å².